The molecular weight excluding hydrogens is 446 g/mol. The van der Waals surface area contributed by atoms with Crippen molar-refractivity contribution in [3.05, 3.63) is 58.1 Å². The van der Waals surface area contributed by atoms with Gasteiger partial charge in [-0.1, -0.05) is 22.0 Å². The minimum Gasteiger partial charge on any atom is -0.494 e. The molecule has 148 valence electrons. The molecule has 2 aromatic carbocycles. The fraction of sp³-hybridized carbons (Fsp3) is 0.211. The van der Waals surface area contributed by atoms with Crippen LogP contribution >= 0.6 is 28.1 Å². The lowest BCUT2D eigenvalue weighted by atomic mass is 10.2. The van der Waals surface area contributed by atoms with E-state index >= 15 is 0 Å². The van der Waals surface area contributed by atoms with Crippen molar-refractivity contribution in [3.8, 4) is 11.5 Å². The smallest absolute Gasteiger partial charge is 0.276 e. The van der Waals surface area contributed by atoms with Gasteiger partial charge in [0.15, 0.2) is 11.7 Å². The Labute approximate surface area is 176 Å². The molecule has 9 heteroatoms. The van der Waals surface area contributed by atoms with Crippen molar-refractivity contribution in [2.75, 3.05) is 13.2 Å². The molecule has 0 atom stereocenters. The Morgan fingerprint density at radius 3 is 2.61 bits per heavy atom. The van der Waals surface area contributed by atoms with Crippen LogP contribution in [0.5, 0.6) is 11.5 Å². The van der Waals surface area contributed by atoms with E-state index in [1.54, 1.807) is 30.3 Å². The first-order chi connectivity index (χ1) is 13.4. The van der Waals surface area contributed by atoms with Crippen LogP contribution in [0, 0.1) is 6.92 Å². The molecule has 0 radical (unpaired) electrons. The van der Waals surface area contributed by atoms with Crippen LogP contribution in [-0.4, -0.2) is 30.1 Å². The van der Waals surface area contributed by atoms with E-state index in [2.05, 4.69) is 32.1 Å². The van der Waals surface area contributed by atoms with Crippen LogP contribution in [0.2, 0.25) is 0 Å². The number of aryl methyl sites for hydroxylation is 1. The first-order valence-electron chi connectivity index (χ1n) is 8.41. The summed E-state index contributed by atoms with van der Waals surface area (Å²) in [6.07, 6.45) is 0. The molecule has 7 nitrogen and oxygen atoms in total. The topological polar surface area (TPSA) is 88.7 Å². The molecule has 2 amide bonds. The van der Waals surface area contributed by atoms with Crippen LogP contribution in [-0.2, 0) is 4.79 Å². The van der Waals surface area contributed by atoms with Gasteiger partial charge in [-0.05, 0) is 68.0 Å². The zero-order chi connectivity index (χ0) is 20.5. The maximum atomic E-state index is 12.2. The molecule has 0 aliphatic heterocycles. The predicted molar refractivity (Wildman–Crippen MR) is 113 cm³/mol. The van der Waals surface area contributed by atoms with Gasteiger partial charge in [-0.25, -0.2) is 0 Å². The van der Waals surface area contributed by atoms with Crippen LogP contribution < -0.4 is 25.6 Å². The van der Waals surface area contributed by atoms with Gasteiger partial charge in [0, 0.05) is 10.0 Å². The molecule has 0 aliphatic rings. The van der Waals surface area contributed by atoms with Crippen LogP contribution in [0.15, 0.2) is 46.9 Å². The monoisotopic (exact) mass is 465 g/mol. The van der Waals surface area contributed by atoms with E-state index in [-0.39, 0.29) is 11.7 Å². The largest absolute Gasteiger partial charge is 0.494 e. The van der Waals surface area contributed by atoms with Crippen molar-refractivity contribution in [1.29, 1.82) is 0 Å². The minimum absolute atomic E-state index is 0.0417. The number of carbonyl (C=O) groups is 2. The minimum atomic E-state index is -0.447. The van der Waals surface area contributed by atoms with Gasteiger partial charge < -0.3 is 9.47 Å². The van der Waals surface area contributed by atoms with E-state index in [1.165, 1.54) is 0 Å². The summed E-state index contributed by atoms with van der Waals surface area (Å²) in [6, 6.07) is 12.2. The zero-order valence-electron chi connectivity index (χ0n) is 15.4. The van der Waals surface area contributed by atoms with Crippen molar-refractivity contribution >= 4 is 45.1 Å². The van der Waals surface area contributed by atoms with Crippen molar-refractivity contribution in [3.63, 3.8) is 0 Å². The molecule has 0 aromatic heterocycles. The van der Waals surface area contributed by atoms with E-state index in [1.807, 2.05) is 26.0 Å². The van der Waals surface area contributed by atoms with E-state index < -0.39 is 11.8 Å². The normalized spacial score (nSPS) is 9.96. The summed E-state index contributed by atoms with van der Waals surface area (Å²) in [5, 5.41) is 2.43. The van der Waals surface area contributed by atoms with E-state index in [4.69, 9.17) is 21.7 Å². The van der Waals surface area contributed by atoms with Gasteiger partial charge in [0.25, 0.3) is 11.8 Å². The highest BCUT2D eigenvalue weighted by atomic mass is 79.9. The molecule has 0 fully saturated rings. The number of hydrogen-bond acceptors (Lipinski definition) is 5. The molecule has 2 aromatic rings. The fourth-order valence-electron chi connectivity index (χ4n) is 2.18. The highest BCUT2D eigenvalue weighted by Crippen LogP contribution is 2.21. The molecule has 0 saturated heterocycles. The average Bonchev–Trinajstić information content (AvgIpc) is 2.66. The summed E-state index contributed by atoms with van der Waals surface area (Å²) in [5.74, 6) is 0.318. The first-order valence-corrected chi connectivity index (χ1v) is 9.61. The molecular formula is C19H20BrN3O4S. The third-order valence-corrected chi connectivity index (χ3v) is 4.14. The number of rotatable bonds is 6. The number of thiocarbonyl (C=S) groups is 1. The number of halogens is 1. The Morgan fingerprint density at radius 2 is 1.89 bits per heavy atom. The molecule has 0 unspecified atom stereocenters. The Balaban J connectivity index is 1.77. The Hall–Kier alpha value is -2.65. The highest BCUT2D eigenvalue weighted by Gasteiger charge is 2.10. The zero-order valence-corrected chi connectivity index (χ0v) is 17.8. The van der Waals surface area contributed by atoms with Crippen LogP contribution in [0.3, 0.4) is 0 Å². The molecule has 0 saturated carbocycles. The Morgan fingerprint density at radius 1 is 1.11 bits per heavy atom. The van der Waals surface area contributed by atoms with E-state index in [0.29, 0.717) is 23.7 Å². The van der Waals surface area contributed by atoms with Crippen molar-refractivity contribution in [2.45, 2.75) is 13.8 Å². The SMILES string of the molecule is CCOc1cccc(C(=O)NC(=S)NNC(=O)COc2ccc(Br)cc2C)c1. The summed E-state index contributed by atoms with van der Waals surface area (Å²) >= 11 is 8.37. The second-order valence-electron chi connectivity index (χ2n) is 5.62. The lowest BCUT2D eigenvalue weighted by Crippen LogP contribution is -2.49. The molecule has 0 aliphatic carbocycles. The van der Waals surface area contributed by atoms with Crippen LogP contribution in [0.1, 0.15) is 22.8 Å². The van der Waals surface area contributed by atoms with Crippen LogP contribution in [0.4, 0.5) is 0 Å². The summed E-state index contributed by atoms with van der Waals surface area (Å²) < 4.78 is 11.7. The number of benzene rings is 2. The predicted octanol–water partition coefficient (Wildman–Crippen LogP) is 2.87. The Bertz CT molecular complexity index is 876. The van der Waals surface area contributed by atoms with Gasteiger partial charge >= 0.3 is 0 Å². The van der Waals surface area contributed by atoms with Gasteiger partial charge in [-0.3, -0.25) is 25.8 Å². The van der Waals surface area contributed by atoms with Gasteiger partial charge in [0.1, 0.15) is 11.5 Å². The maximum Gasteiger partial charge on any atom is 0.276 e. The number of nitrogens with one attached hydrogen (secondary N) is 3. The second kappa shape index (κ2) is 10.6. The number of hydrazine groups is 1. The van der Waals surface area contributed by atoms with Gasteiger partial charge in [-0.2, -0.15) is 0 Å². The molecule has 0 spiro atoms. The van der Waals surface area contributed by atoms with Crippen LogP contribution in [0.25, 0.3) is 0 Å². The van der Waals surface area contributed by atoms with Crippen molar-refractivity contribution < 1.29 is 19.1 Å². The van der Waals surface area contributed by atoms with Crippen molar-refractivity contribution in [1.82, 2.24) is 16.2 Å². The molecule has 3 N–H and O–H groups in total. The average molecular weight is 466 g/mol. The Kier molecular flexibility index (Phi) is 8.21. The lowest BCUT2D eigenvalue weighted by Gasteiger charge is -2.12. The number of hydrogen-bond donors (Lipinski definition) is 3. The molecule has 0 bridgehead atoms. The summed E-state index contributed by atoms with van der Waals surface area (Å²) in [7, 11) is 0. The van der Waals surface area contributed by atoms with Gasteiger partial charge in [0.05, 0.1) is 6.61 Å². The molecule has 2 rings (SSSR count). The molecule has 0 heterocycles. The maximum absolute atomic E-state index is 12.2. The van der Waals surface area contributed by atoms with E-state index in [0.717, 1.165) is 10.0 Å². The quantitative estimate of drug-likeness (QED) is 0.448. The number of carbonyl (C=O) groups excluding carboxylic acids is 2. The van der Waals surface area contributed by atoms with E-state index in [9.17, 15) is 9.59 Å². The fourth-order valence-corrected chi connectivity index (χ4v) is 2.80. The van der Waals surface area contributed by atoms with Gasteiger partial charge in [0.2, 0.25) is 0 Å². The van der Waals surface area contributed by atoms with Crippen molar-refractivity contribution in [2.24, 2.45) is 0 Å². The molecule has 28 heavy (non-hydrogen) atoms. The summed E-state index contributed by atoms with van der Waals surface area (Å²) in [6.45, 7) is 4.03. The summed E-state index contributed by atoms with van der Waals surface area (Å²) in [4.78, 5) is 24.1. The standard InChI is InChI=1S/C19H20BrN3O4S/c1-3-26-15-6-4-5-13(10-15)18(25)21-19(28)23-22-17(24)11-27-16-8-7-14(20)9-12(16)2/h4-10H,3,11H2,1-2H3,(H,22,24)(H2,21,23,25,28). The summed E-state index contributed by atoms with van der Waals surface area (Å²) in [5.41, 5.74) is 6.11. The third-order valence-electron chi connectivity index (χ3n) is 3.45. The third kappa shape index (κ3) is 6.82. The van der Waals surface area contributed by atoms with Gasteiger partial charge in [-0.15, -0.1) is 0 Å². The second-order valence-corrected chi connectivity index (χ2v) is 6.94. The highest BCUT2D eigenvalue weighted by molar-refractivity contribution is 9.10. The number of ether oxygens (including phenoxy) is 2. The lowest BCUT2D eigenvalue weighted by molar-refractivity contribution is -0.123. The number of amides is 2. The first kappa shape index (κ1) is 21.6.